The molecule has 4 rings (SSSR count). The highest BCUT2D eigenvalue weighted by Crippen LogP contribution is 2.36. The molecule has 1 fully saturated rings. The smallest absolute Gasteiger partial charge is 0.339 e. The van der Waals surface area contributed by atoms with Gasteiger partial charge in [0.25, 0.3) is 0 Å². The van der Waals surface area contributed by atoms with E-state index in [4.69, 9.17) is 37.4 Å². The minimum Gasteiger partial charge on any atom is -0.493 e. The van der Waals surface area contributed by atoms with E-state index in [0.29, 0.717) is 40.6 Å². The first-order valence-electron chi connectivity index (χ1n) is 9.30. The molecule has 0 radical (unpaired) electrons. The zero-order valence-electron chi connectivity index (χ0n) is 15.3. The molecule has 5 nitrogen and oxygen atoms in total. The number of rotatable bonds is 4. The molecule has 0 saturated heterocycles. The summed E-state index contributed by atoms with van der Waals surface area (Å²) in [6, 6.07) is 13.7. The molecule has 0 amide bonds. The second-order valence-corrected chi connectivity index (χ2v) is 7.79. The molecule has 3 unspecified atom stereocenters. The quantitative estimate of drug-likeness (QED) is 0.620. The SMILES string of the molecule is O=C(OC1CCC2C(=O)C(Oc3ccccc3Cl)=COC2C1)c1ccccc1Cl. The van der Waals surface area contributed by atoms with Crippen LogP contribution in [0.1, 0.15) is 29.6 Å². The Morgan fingerprint density at radius 2 is 1.72 bits per heavy atom. The number of para-hydroxylation sites is 1. The maximum absolute atomic E-state index is 12.8. The van der Waals surface area contributed by atoms with Gasteiger partial charge in [0.2, 0.25) is 11.5 Å². The highest BCUT2D eigenvalue weighted by atomic mass is 35.5. The first-order valence-corrected chi connectivity index (χ1v) is 10.1. The van der Waals surface area contributed by atoms with Gasteiger partial charge in [-0.05, 0) is 37.1 Å². The lowest BCUT2D eigenvalue weighted by Crippen LogP contribution is -2.43. The van der Waals surface area contributed by atoms with Gasteiger partial charge in [0.15, 0.2) is 0 Å². The molecule has 1 aliphatic carbocycles. The van der Waals surface area contributed by atoms with Crippen molar-refractivity contribution in [3.8, 4) is 5.75 Å². The average Bonchev–Trinajstić information content (AvgIpc) is 2.72. The van der Waals surface area contributed by atoms with Crippen molar-refractivity contribution in [3.63, 3.8) is 0 Å². The summed E-state index contributed by atoms with van der Waals surface area (Å²) >= 11 is 12.2. The van der Waals surface area contributed by atoms with Crippen LogP contribution < -0.4 is 4.74 Å². The van der Waals surface area contributed by atoms with Gasteiger partial charge in [-0.15, -0.1) is 0 Å². The van der Waals surface area contributed by atoms with Crippen LogP contribution >= 0.6 is 23.2 Å². The Morgan fingerprint density at radius 1 is 1.00 bits per heavy atom. The maximum Gasteiger partial charge on any atom is 0.339 e. The number of allylic oxidation sites excluding steroid dienone is 1. The van der Waals surface area contributed by atoms with Crippen LogP contribution in [0.3, 0.4) is 0 Å². The van der Waals surface area contributed by atoms with E-state index in [1.54, 1.807) is 48.5 Å². The van der Waals surface area contributed by atoms with Crippen molar-refractivity contribution >= 4 is 35.0 Å². The van der Waals surface area contributed by atoms with Crippen LogP contribution in [0.4, 0.5) is 0 Å². The summed E-state index contributed by atoms with van der Waals surface area (Å²) < 4.78 is 17.0. The molecule has 1 saturated carbocycles. The van der Waals surface area contributed by atoms with Crippen LogP contribution in [-0.2, 0) is 14.3 Å². The van der Waals surface area contributed by atoms with Crippen LogP contribution in [0.25, 0.3) is 0 Å². The summed E-state index contributed by atoms with van der Waals surface area (Å²) in [5, 5.41) is 0.762. The van der Waals surface area contributed by atoms with Gasteiger partial charge in [-0.1, -0.05) is 47.5 Å². The third-order valence-electron chi connectivity index (χ3n) is 5.10. The van der Waals surface area contributed by atoms with Crippen molar-refractivity contribution in [1.82, 2.24) is 0 Å². The number of ketones is 1. The molecule has 2 aliphatic rings. The van der Waals surface area contributed by atoms with Crippen molar-refractivity contribution in [2.45, 2.75) is 31.5 Å². The number of ether oxygens (including phenoxy) is 3. The van der Waals surface area contributed by atoms with Gasteiger partial charge in [0.05, 0.1) is 21.5 Å². The predicted octanol–water partition coefficient (Wildman–Crippen LogP) is 5.21. The highest BCUT2D eigenvalue weighted by Gasteiger charge is 2.42. The molecule has 0 spiro atoms. The van der Waals surface area contributed by atoms with E-state index in [9.17, 15) is 9.59 Å². The predicted molar refractivity (Wildman–Crippen MR) is 108 cm³/mol. The second-order valence-electron chi connectivity index (χ2n) is 6.98. The molecule has 2 aromatic rings. The standard InChI is InChI=1S/C22H18Cl2O5/c23-16-6-2-1-5-14(16)22(26)28-13-9-10-15-19(11-13)27-12-20(21(15)25)29-18-8-4-3-7-17(18)24/h1-8,12-13,15,19H,9-11H2. The topological polar surface area (TPSA) is 61.8 Å². The zero-order valence-corrected chi connectivity index (χ0v) is 16.9. The molecular formula is C22H18Cl2O5. The number of carbonyl (C=O) groups excluding carboxylic acids is 2. The normalized spacial score (nSPS) is 23.4. The first-order chi connectivity index (χ1) is 14.0. The number of esters is 1. The minimum absolute atomic E-state index is 0.128. The number of Topliss-reactive ketones (excluding diaryl/α,β-unsaturated/α-hetero) is 1. The van der Waals surface area contributed by atoms with Crippen molar-refractivity contribution in [2.75, 3.05) is 0 Å². The lowest BCUT2D eigenvalue weighted by atomic mass is 9.80. The van der Waals surface area contributed by atoms with Gasteiger partial charge < -0.3 is 14.2 Å². The summed E-state index contributed by atoms with van der Waals surface area (Å²) in [4.78, 5) is 25.2. The number of hydrogen-bond acceptors (Lipinski definition) is 5. The summed E-state index contributed by atoms with van der Waals surface area (Å²) in [7, 11) is 0. The van der Waals surface area contributed by atoms with E-state index in [2.05, 4.69) is 0 Å². The van der Waals surface area contributed by atoms with E-state index < -0.39 is 5.97 Å². The fourth-order valence-electron chi connectivity index (χ4n) is 3.60. The Balaban J connectivity index is 1.41. The Kier molecular flexibility index (Phi) is 5.79. The van der Waals surface area contributed by atoms with E-state index in [-0.39, 0.29) is 29.7 Å². The lowest BCUT2D eigenvalue weighted by molar-refractivity contribution is -0.132. The Morgan fingerprint density at radius 3 is 2.48 bits per heavy atom. The number of hydrogen-bond donors (Lipinski definition) is 0. The molecule has 1 aliphatic heterocycles. The minimum atomic E-state index is -0.473. The van der Waals surface area contributed by atoms with E-state index in [1.807, 2.05) is 0 Å². The molecular weight excluding hydrogens is 415 g/mol. The monoisotopic (exact) mass is 432 g/mol. The third-order valence-corrected chi connectivity index (χ3v) is 5.74. The molecule has 0 aromatic heterocycles. The van der Waals surface area contributed by atoms with E-state index >= 15 is 0 Å². The highest BCUT2D eigenvalue weighted by molar-refractivity contribution is 6.33. The van der Waals surface area contributed by atoms with E-state index in [0.717, 1.165) is 0 Å². The van der Waals surface area contributed by atoms with E-state index in [1.165, 1.54) is 6.26 Å². The zero-order chi connectivity index (χ0) is 20.4. The maximum atomic E-state index is 12.8. The molecule has 29 heavy (non-hydrogen) atoms. The number of benzene rings is 2. The van der Waals surface area contributed by atoms with Crippen LogP contribution in [0.2, 0.25) is 10.0 Å². The van der Waals surface area contributed by atoms with Crippen molar-refractivity contribution in [1.29, 1.82) is 0 Å². The third kappa shape index (κ3) is 4.26. The molecule has 2 aromatic carbocycles. The molecule has 150 valence electrons. The largest absolute Gasteiger partial charge is 0.493 e. The Labute approximate surface area is 178 Å². The fourth-order valence-corrected chi connectivity index (χ4v) is 3.99. The van der Waals surface area contributed by atoms with Gasteiger partial charge in [0.1, 0.15) is 24.2 Å². The molecule has 0 N–H and O–H groups in total. The number of halogens is 2. The van der Waals surface area contributed by atoms with Gasteiger partial charge in [-0.3, -0.25) is 4.79 Å². The van der Waals surface area contributed by atoms with Crippen LogP contribution in [0.5, 0.6) is 5.75 Å². The van der Waals surface area contributed by atoms with Crippen molar-refractivity contribution in [2.24, 2.45) is 5.92 Å². The summed E-state index contributed by atoms with van der Waals surface area (Å²) in [5.41, 5.74) is 0.326. The Bertz CT molecular complexity index is 971. The van der Waals surface area contributed by atoms with Gasteiger partial charge >= 0.3 is 5.97 Å². The molecule has 0 bridgehead atoms. The summed E-state index contributed by atoms with van der Waals surface area (Å²) in [6.45, 7) is 0. The number of carbonyl (C=O) groups is 2. The fraction of sp³-hybridized carbons (Fsp3) is 0.273. The molecule has 7 heteroatoms. The molecule has 3 atom stereocenters. The van der Waals surface area contributed by atoms with Crippen molar-refractivity contribution < 1.29 is 23.8 Å². The number of fused-ring (bicyclic) bond motifs is 1. The Hall–Kier alpha value is -2.50. The van der Waals surface area contributed by atoms with Crippen LogP contribution in [0.15, 0.2) is 60.6 Å². The second kappa shape index (κ2) is 8.47. The van der Waals surface area contributed by atoms with Gasteiger partial charge in [0, 0.05) is 6.42 Å². The van der Waals surface area contributed by atoms with Crippen molar-refractivity contribution in [3.05, 3.63) is 76.2 Å². The summed E-state index contributed by atoms with van der Waals surface area (Å²) in [6.07, 6.45) is 2.15. The summed E-state index contributed by atoms with van der Waals surface area (Å²) in [5.74, 6) is -0.409. The van der Waals surface area contributed by atoms with Gasteiger partial charge in [-0.25, -0.2) is 4.79 Å². The van der Waals surface area contributed by atoms with Gasteiger partial charge in [-0.2, -0.15) is 0 Å². The first kappa shape index (κ1) is 19.8. The molecule has 1 heterocycles. The van der Waals surface area contributed by atoms with Crippen LogP contribution in [-0.4, -0.2) is 24.0 Å². The lowest BCUT2D eigenvalue weighted by Gasteiger charge is -2.36. The average molecular weight is 433 g/mol. The van der Waals surface area contributed by atoms with Crippen LogP contribution in [0, 0.1) is 5.92 Å².